The van der Waals surface area contributed by atoms with Crippen LogP contribution in [0.1, 0.15) is 40.2 Å². The molecule has 1 unspecified atom stereocenters. The third-order valence-electron chi connectivity index (χ3n) is 4.56. The number of nitrogens with one attached hydrogen (secondary N) is 2. The molecule has 25 heavy (non-hydrogen) atoms. The Labute approximate surface area is 147 Å². The van der Waals surface area contributed by atoms with Gasteiger partial charge in [-0.05, 0) is 42.0 Å². The fourth-order valence-electron chi connectivity index (χ4n) is 2.97. The molecule has 0 aromatic heterocycles. The normalized spacial score (nSPS) is 14.6. The number of rotatable bonds is 7. The summed E-state index contributed by atoms with van der Waals surface area (Å²) in [6, 6.07) is 16.6. The van der Waals surface area contributed by atoms with Gasteiger partial charge in [0.05, 0.1) is 5.56 Å². The first-order valence-electron chi connectivity index (χ1n) is 8.52. The largest absolute Gasteiger partial charge is 0.478 e. The van der Waals surface area contributed by atoms with Gasteiger partial charge in [-0.3, -0.25) is 0 Å². The summed E-state index contributed by atoms with van der Waals surface area (Å²) in [4.78, 5) is 22.9. The second kappa shape index (κ2) is 7.83. The van der Waals surface area contributed by atoms with Gasteiger partial charge in [0, 0.05) is 19.0 Å². The number of amides is 2. The first-order chi connectivity index (χ1) is 12.1. The summed E-state index contributed by atoms with van der Waals surface area (Å²) < 4.78 is 0. The van der Waals surface area contributed by atoms with Gasteiger partial charge in [-0.2, -0.15) is 0 Å². The molecule has 1 atom stereocenters. The fraction of sp³-hybridized carbons (Fsp3) is 0.300. The van der Waals surface area contributed by atoms with Gasteiger partial charge in [-0.15, -0.1) is 0 Å². The summed E-state index contributed by atoms with van der Waals surface area (Å²) in [7, 11) is 0. The molecule has 3 rings (SSSR count). The van der Waals surface area contributed by atoms with Crippen LogP contribution in [0.2, 0.25) is 0 Å². The van der Waals surface area contributed by atoms with Crippen LogP contribution in [0.4, 0.5) is 4.79 Å². The molecule has 0 radical (unpaired) electrons. The topological polar surface area (TPSA) is 78.4 Å². The monoisotopic (exact) mass is 338 g/mol. The van der Waals surface area contributed by atoms with Crippen molar-refractivity contribution in [2.24, 2.45) is 5.92 Å². The van der Waals surface area contributed by atoms with Crippen LogP contribution in [0.3, 0.4) is 0 Å². The van der Waals surface area contributed by atoms with E-state index in [1.54, 1.807) is 12.1 Å². The maximum Gasteiger partial charge on any atom is 0.335 e. The van der Waals surface area contributed by atoms with E-state index in [2.05, 4.69) is 22.8 Å². The van der Waals surface area contributed by atoms with Crippen molar-refractivity contribution in [2.45, 2.75) is 25.3 Å². The highest BCUT2D eigenvalue weighted by Gasteiger charge is 2.32. The molecule has 0 saturated heterocycles. The Kier molecular flexibility index (Phi) is 5.33. The van der Waals surface area contributed by atoms with Crippen LogP contribution in [-0.2, 0) is 6.54 Å². The first kappa shape index (κ1) is 17.0. The lowest BCUT2D eigenvalue weighted by atomic mass is 9.94. The highest BCUT2D eigenvalue weighted by Crippen LogP contribution is 2.42. The van der Waals surface area contributed by atoms with Crippen molar-refractivity contribution in [1.82, 2.24) is 10.6 Å². The minimum atomic E-state index is -0.954. The summed E-state index contributed by atoms with van der Waals surface area (Å²) in [6.45, 7) is 0.990. The van der Waals surface area contributed by atoms with E-state index >= 15 is 0 Å². The Hall–Kier alpha value is -2.82. The van der Waals surface area contributed by atoms with Gasteiger partial charge in [-0.1, -0.05) is 42.5 Å². The van der Waals surface area contributed by atoms with Gasteiger partial charge in [-0.25, -0.2) is 9.59 Å². The Morgan fingerprint density at radius 3 is 2.28 bits per heavy atom. The number of benzene rings is 2. The number of carboxylic acids is 1. The Bertz CT molecular complexity index is 724. The third kappa shape index (κ3) is 4.83. The number of aromatic carboxylic acids is 1. The molecule has 0 bridgehead atoms. The van der Waals surface area contributed by atoms with E-state index in [4.69, 9.17) is 5.11 Å². The van der Waals surface area contributed by atoms with Crippen molar-refractivity contribution in [1.29, 1.82) is 0 Å². The van der Waals surface area contributed by atoms with Crippen LogP contribution in [-0.4, -0.2) is 23.7 Å². The zero-order valence-corrected chi connectivity index (χ0v) is 13.9. The molecule has 1 aliphatic rings. The molecule has 2 aromatic carbocycles. The summed E-state index contributed by atoms with van der Waals surface area (Å²) >= 11 is 0. The Morgan fingerprint density at radius 1 is 1.00 bits per heavy atom. The second-order valence-corrected chi connectivity index (χ2v) is 6.42. The fourth-order valence-corrected chi connectivity index (χ4v) is 2.97. The first-order valence-corrected chi connectivity index (χ1v) is 8.52. The van der Waals surface area contributed by atoms with Crippen LogP contribution < -0.4 is 10.6 Å². The molecule has 1 saturated carbocycles. The highest BCUT2D eigenvalue weighted by atomic mass is 16.4. The molecule has 2 aromatic rings. The van der Waals surface area contributed by atoms with Gasteiger partial charge in [0.25, 0.3) is 0 Å². The molecule has 130 valence electrons. The van der Waals surface area contributed by atoms with Crippen molar-refractivity contribution >= 4 is 12.0 Å². The van der Waals surface area contributed by atoms with Crippen molar-refractivity contribution in [3.05, 3.63) is 71.3 Å². The highest BCUT2D eigenvalue weighted by molar-refractivity contribution is 5.87. The van der Waals surface area contributed by atoms with E-state index < -0.39 is 5.97 Å². The molecule has 5 heteroatoms. The van der Waals surface area contributed by atoms with Gasteiger partial charge in [0.2, 0.25) is 0 Å². The number of carboxylic acid groups (broad SMARTS) is 1. The second-order valence-electron chi connectivity index (χ2n) is 6.42. The predicted molar refractivity (Wildman–Crippen MR) is 95.5 cm³/mol. The minimum absolute atomic E-state index is 0.205. The van der Waals surface area contributed by atoms with Crippen molar-refractivity contribution in [3.63, 3.8) is 0 Å². The molecular formula is C20H22N2O3. The van der Waals surface area contributed by atoms with Gasteiger partial charge < -0.3 is 15.7 Å². The molecule has 1 fully saturated rings. The van der Waals surface area contributed by atoms with Crippen LogP contribution in [0.5, 0.6) is 0 Å². The average Bonchev–Trinajstić information content (AvgIpc) is 3.46. The molecular weight excluding hydrogens is 316 g/mol. The lowest BCUT2D eigenvalue weighted by Gasteiger charge is -2.18. The predicted octanol–water partition coefficient (Wildman–Crippen LogP) is 3.38. The van der Waals surface area contributed by atoms with E-state index in [-0.39, 0.29) is 11.6 Å². The molecule has 3 N–H and O–H groups in total. The molecule has 1 aliphatic carbocycles. The van der Waals surface area contributed by atoms with Crippen LogP contribution >= 0.6 is 0 Å². The van der Waals surface area contributed by atoms with E-state index in [1.807, 2.05) is 18.2 Å². The van der Waals surface area contributed by atoms with Crippen LogP contribution in [0, 0.1) is 5.92 Å². The lowest BCUT2D eigenvalue weighted by molar-refractivity contribution is 0.0697. The minimum Gasteiger partial charge on any atom is -0.478 e. The molecule has 2 amide bonds. The number of hydrogen-bond acceptors (Lipinski definition) is 2. The number of carbonyl (C=O) groups excluding carboxylic acids is 1. The standard InChI is InChI=1S/C20H22N2O3/c23-19(24)17-8-6-14(7-9-17)12-21-20(25)22-13-18(16-10-11-16)15-4-2-1-3-5-15/h1-9,16,18H,10-13H2,(H,23,24)(H2,21,22,25). The quantitative estimate of drug-likeness (QED) is 0.724. The summed E-state index contributed by atoms with van der Waals surface area (Å²) in [5, 5.41) is 14.7. The SMILES string of the molecule is O=C(NCc1ccc(C(=O)O)cc1)NCC(c1ccccc1)C1CC1. The van der Waals surface area contributed by atoms with E-state index in [0.29, 0.717) is 24.9 Å². The number of urea groups is 1. The van der Waals surface area contributed by atoms with E-state index in [9.17, 15) is 9.59 Å². The summed E-state index contributed by atoms with van der Waals surface area (Å²) in [6.07, 6.45) is 2.44. The van der Waals surface area contributed by atoms with Crippen molar-refractivity contribution < 1.29 is 14.7 Å². The molecule has 0 heterocycles. The summed E-state index contributed by atoms with van der Waals surface area (Å²) in [5.74, 6) is 0.0670. The lowest BCUT2D eigenvalue weighted by Crippen LogP contribution is -2.37. The average molecular weight is 338 g/mol. The Balaban J connectivity index is 1.48. The number of hydrogen-bond donors (Lipinski definition) is 3. The zero-order valence-electron chi connectivity index (χ0n) is 13.9. The summed E-state index contributed by atoms with van der Waals surface area (Å²) in [5.41, 5.74) is 2.37. The molecule has 5 nitrogen and oxygen atoms in total. The maximum absolute atomic E-state index is 12.1. The molecule has 0 spiro atoms. The smallest absolute Gasteiger partial charge is 0.335 e. The van der Waals surface area contributed by atoms with E-state index in [1.165, 1.54) is 30.5 Å². The van der Waals surface area contributed by atoms with Gasteiger partial charge in [0.15, 0.2) is 0 Å². The Morgan fingerprint density at radius 2 is 1.68 bits per heavy atom. The van der Waals surface area contributed by atoms with Crippen molar-refractivity contribution in [2.75, 3.05) is 6.54 Å². The van der Waals surface area contributed by atoms with Gasteiger partial charge in [0.1, 0.15) is 0 Å². The third-order valence-corrected chi connectivity index (χ3v) is 4.56. The van der Waals surface area contributed by atoms with Crippen LogP contribution in [0.15, 0.2) is 54.6 Å². The molecule has 0 aliphatic heterocycles. The van der Waals surface area contributed by atoms with Gasteiger partial charge >= 0.3 is 12.0 Å². The maximum atomic E-state index is 12.1. The zero-order chi connectivity index (χ0) is 17.6. The van der Waals surface area contributed by atoms with E-state index in [0.717, 1.165) is 5.56 Å². The number of carbonyl (C=O) groups is 2. The van der Waals surface area contributed by atoms with Crippen molar-refractivity contribution in [3.8, 4) is 0 Å². The van der Waals surface area contributed by atoms with Crippen LogP contribution in [0.25, 0.3) is 0 Å².